The summed E-state index contributed by atoms with van der Waals surface area (Å²) < 4.78 is 0. The van der Waals surface area contributed by atoms with Gasteiger partial charge in [0.2, 0.25) is 5.91 Å². The molecule has 3 rings (SSSR count). The first-order valence-corrected chi connectivity index (χ1v) is 6.89. The van der Waals surface area contributed by atoms with Crippen molar-refractivity contribution < 1.29 is 4.79 Å². The Morgan fingerprint density at radius 3 is 2.94 bits per heavy atom. The third-order valence-corrected chi connectivity index (χ3v) is 4.15. The van der Waals surface area contributed by atoms with Crippen LogP contribution in [0.1, 0.15) is 43.1 Å². The summed E-state index contributed by atoms with van der Waals surface area (Å²) in [5, 5.41) is 6.53. The Hall–Kier alpha value is -1.29. The van der Waals surface area contributed by atoms with Crippen molar-refractivity contribution in [3.8, 4) is 0 Å². The highest BCUT2D eigenvalue weighted by Gasteiger charge is 2.32. The van der Waals surface area contributed by atoms with Gasteiger partial charge in [0.15, 0.2) is 0 Å². The normalized spacial score (nSPS) is 27.4. The zero-order chi connectivity index (χ0) is 12.7. The minimum atomic E-state index is -0.0734. The van der Waals surface area contributed by atoms with E-state index in [0.717, 1.165) is 0 Å². The highest BCUT2D eigenvalue weighted by atomic mass is 16.2. The second-order valence-electron chi connectivity index (χ2n) is 5.74. The second kappa shape index (κ2) is 4.43. The summed E-state index contributed by atoms with van der Waals surface area (Å²) in [7, 11) is 0. The van der Waals surface area contributed by atoms with Gasteiger partial charge in [0.25, 0.3) is 0 Å². The summed E-state index contributed by atoms with van der Waals surface area (Å²) in [6, 6.07) is 0.184. The quantitative estimate of drug-likeness (QED) is 0.737. The number of aromatic nitrogens is 1. The molecule has 1 unspecified atom stereocenters. The van der Waals surface area contributed by atoms with Crippen molar-refractivity contribution in [1.29, 1.82) is 0 Å². The molecule has 4 nitrogen and oxygen atoms in total. The fraction of sp³-hybridized carbons (Fsp3) is 0.643. The van der Waals surface area contributed by atoms with Gasteiger partial charge in [-0.25, -0.2) is 0 Å². The Kier molecular flexibility index (Phi) is 2.90. The van der Waals surface area contributed by atoms with Gasteiger partial charge in [-0.15, -0.1) is 0 Å². The Balaban J connectivity index is 1.82. The number of hydrogen-bond acceptors (Lipinski definition) is 2. The van der Waals surface area contributed by atoms with Crippen molar-refractivity contribution in [2.45, 2.75) is 45.2 Å². The molecule has 1 aliphatic heterocycles. The van der Waals surface area contributed by atoms with Crippen molar-refractivity contribution in [1.82, 2.24) is 15.6 Å². The third kappa shape index (κ3) is 1.85. The molecule has 0 radical (unpaired) electrons. The van der Waals surface area contributed by atoms with Crippen LogP contribution in [0.3, 0.4) is 0 Å². The smallest absolute Gasteiger partial charge is 0.237 e. The van der Waals surface area contributed by atoms with Crippen LogP contribution in [0.2, 0.25) is 0 Å². The molecule has 1 aliphatic carbocycles. The molecule has 1 aromatic rings. The highest BCUT2D eigenvalue weighted by Crippen LogP contribution is 2.30. The third-order valence-electron chi connectivity index (χ3n) is 4.15. The predicted molar refractivity (Wildman–Crippen MR) is 70.3 cm³/mol. The van der Waals surface area contributed by atoms with E-state index in [-0.39, 0.29) is 18.0 Å². The number of fused-ring (bicyclic) bond motifs is 1. The molecule has 0 saturated carbocycles. The molecular formula is C14H21N3O. The van der Waals surface area contributed by atoms with E-state index in [1.165, 1.54) is 36.1 Å². The molecule has 98 valence electrons. The average molecular weight is 247 g/mol. The van der Waals surface area contributed by atoms with Crippen molar-refractivity contribution in [3.63, 3.8) is 0 Å². The van der Waals surface area contributed by atoms with Crippen LogP contribution < -0.4 is 10.6 Å². The number of nitrogens with one attached hydrogen (secondary N) is 3. The number of amides is 1. The van der Waals surface area contributed by atoms with Crippen LogP contribution in [-0.2, 0) is 17.6 Å². The van der Waals surface area contributed by atoms with Crippen LogP contribution in [0.5, 0.6) is 0 Å². The number of hydrogen-bond donors (Lipinski definition) is 3. The second-order valence-corrected chi connectivity index (χ2v) is 5.74. The van der Waals surface area contributed by atoms with E-state index in [9.17, 15) is 4.79 Å². The molecular weight excluding hydrogens is 226 g/mol. The molecule has 4 heteroatoms. The SMILES string of the molecule is CC(C)[C@@H]1NC(c2c[nH]c3c2CCC3)CNC1=O. The summed E-state index contributed by atoms with van der Waals surface area (Å²) in [4.78, 5) is 15.2. The van der Waals surface area contributed by atoms with E-state index in [1.54, 1.807) is 0 Å². The molecule has 0 bridgehead atoms. The van der Waals surface area contributed by atoms with Gasteiger partial charge in [0.1, 0.15) is 0 Å². The Labute approximate surface area is 108 Å². The van der Waals surface area contributed by atoms with Crippen LogP contribution in [0.15, 0.2) is 6.20 Å². The molecule has 0 spiro atoms. The fourth-order valence-corrected chi connectivity index (χ4v) is 3.14. The van der Waals surface area contributed by atoms with Crippen molar-refractivity contribution >= 4 is 5.91 Å². The number of H-pyrrole nitrogens is 1. The van der Waals surface area contributed by atoms with E-state index in [2.05, 4.69) is 35.7 Å². The van der Waals surface area contributed by atoms with Gasteiger partial charge in [0.05, 0.1) is 12.1 Å². The zero-order valence-electron chi connectivity index (χ0n) is 11.0. The van der Waals surface area contributed by atoms with Crippen molar-refractivity contribution in [3.05, 3.63) is 23.0 Å². The number of carbonyl (C=O) groups excluding carboxylic acids is 1. The molecule has 1 fully saturated rings. The first-order chi connectivity index (χ1) is 8.66. The molecule has 1 saturated heterocycles. The lowest BCUT2D eigenvalue weighted by Crippen LogP contribution is -2.56. The summed E-state index contributed by atoms with van der Waals surface area (Å²) >= 11 is 0. The fourth-order valence-electron chi connectivity index (χ4n) is 3.14. The molecule has 2 heterocycles. The minimum absolute atomic E-state index is 0.0734. The van der Waals surface area contributed by atoms with E-state index in [4.69, 9.17) is 0 Å². The van der Waals surface area contributed by atoms with Gasteiger partial charge in [0, 0.05) is 18.4 Å². The highest BCUT2D eigenvalue weighted by molar-refractivity contribution is 5.83. The molecule has 18 heavy (non-hydrogen) atoms. The van der Waals surface area contributed by atoms with E-state index >= 15 is 0 Å². The van der Waals surface area contributed by atoms with E-state index in [1.807, 2.05) is 0 Å². The standard InChI is InChI=1S/C14H21N3O/c1-8(2)13-14(18)16-7-12(17-13)10-6-15-11-5-3-4-9(10)11/h6,8,12-13,15,17H,3-5,7H2,1-2H3,(H,16,18)/t12?,13-/m0/s1. The largest absolute Gasteiger partial charge is 0.364 e. The van der Waals surface area contributed by atoms with E-state index in [0.29, 0.717) is 12.5 Å². The molecule has 2 aliphatic rings. The first kappa shape index (κ1) is 11.8. The lowest BCUT2D eigenvalue weighted by atomic mass is 9.95. The number of carbonyl (C=O) groups is 1. The number of rotatable bonds is 2. The zero-order valence-corrected chi connectivity index (χ0v) is 11.0. The first-order valence-electron chi connectivity index (χ1n) is 6.89. The van der Waals surface area contributed by atoms with Gasteiger partial charge in [-0.1, -0.05) is 13.8 Å². The molecule has 1 amide bonds. The average Bonchev–Trinajstić information content (AvgIpc) is 2.91. The monoisotopic (exact) mass is 247 g/mol. The lowest BCUT2D eigenvalue weighted by Gasteiger charge is -2.33. The molecule has 3 N–H and O–H groups in total. The van der Waals surface area contributed by atoms with Crippen LogP contribution in [0.4, 0.5) is 0 Å². The van der Waals surface area contributed by atoms with Crippen LogP contribution in [0, 0.1) is 5.92 Å². The molecule has 2 atom stereocenters. The van der Waals surface area contributed by atoms with Crippen LogP contribution in [0.25, 0.3) is 0 Å². The van der Waals surface area contributed by atoms with Crippen LogP contribution >= 0.6 is 0 Å². The predicted octanol–water partition coefficient (Wildman–Crippen LogP) is 1.29. The van der Waals surface area contributed by atoms with Gasteiger partial charge in [-0.05, 0) is 36.3 Å². The van der Waals surface area contributed by atoms with Gasteiger partial charge < -0.3 is 10.3 Å². The maximum Gasteiger partial charge on any atom is 0.237 e. The van der Waals surface area contributed by atoms with Gasteiger partial charge in [-0.3, -0.25) is 10.1 Å². The van der Waals surface area contributed by atoms with Crippen LogP contribution in [-0.4, -0.2) is 23.5 Å². The summed E-state index contributed by atoms with van der Waals surface area (Å²) in [6.07, 6.45) is 5.71. The minimum Gasteiger partial charge on any atom is -0.364 e. The Morgan fingerprint density at radius 2 is 2.17 bits per heavy atom. The summed E-state index contributed by atoms with van der Waals surface area (Å²) in [5.41, 5.74) is 4.23. The maximum absolute atomic E-state index is 11.8. The Bertz CT molecular complexity index is 464. The summed E-state index contributed by atoms with van der Waals surface area (Å²) in [5.74, 6) is 0.452. The Morgan fingerprint density at radius 1 is 1.33 bits per heavy atom. The summed E-state index contributed by atoms with van der Waals surface area (Å²) in [6.45, 7) is 4.87. The van der Waals surface area contributed by atoms with Gasteiger partial charge >= 0.3 is 0 Å². The maximum atomic E-state index is 11.8. The molecule has 1 aromatic heterocycles. The lowest BCUT2D eigenvalue weighted by molar-refractivity contribution is -0.126. The number of piperazine rings is 1. The van der Waals surface area contributed by atoms with Crippen molar-refractivity contribution in [2.75, 3.05) is 6.54 Å². The number of aryl methyl sites for hydroxylation is 1. The number of aromatic amines is 1. The van der Waals surface area contributed by atoms with Gasteiger partial charge in [-0.2, -0.15) is 0 Å². The molecule has 0 aromatic carbocycles. The topological polar surface area (TPSA) is 56.9 Å². The van der Waals surface area contributed by atoms with Crippen molar-refractivity contribution in [2.24, 2.45) is 5.92 Å². The van der Waals surface area contributed by atoms with E-state index < -0.39 is 0 Å².